The molecular formula is C23H40N2O. The highest BCUT2D eigenvalue weighted by Crippen LogP contribution is 2.22. The zero-order valence-electron chi connectivity index (χ0n) is 18.5. The summed E-state index contributed by atoms with van der Waals surface area (Å²) >= 11 is 0. The summed E-state index contributed by atoms with van der Waals surface area (Å²) in [6.45, 7) is 26.8. The van der Waals surface area contributed by atoms with Crippen LogP contribution in [0.3, 0.4) is 0 Å². The summed E-state index contributed by atoms with van der Waals surface area (Å²) in [6.07, 6.45) is 8.97. The number of hydrogen-bond donors (Lipinski definition) is 0. The van der Waals surface area contributed by atoms with Gasteiger partial charge in [0.05, 0.1) is 5.69 Å². The molecule has 0 aliphatic rings. The fourth-order valence-electron chi connectivity index (χ4n) is 1.80. The molecule has 0 atom stereocenters. The summed E-state index contributed by atoms with van der Waals surface area (Å²) in [4.78, 5) is 4.69. The summed E-state index contributed by atoms with van der Waals surface area (Å²) in [6, 6.07) is 0. The average Bonchev–Trinajstić information content (AvgIpc) is 3.08. The molecule has 0 saturated carbocycles. The summed E-state index contributed by atoms with van der Waals surface area (Å²) in [5, 5.41) is 0. The molecule has 0 bridgehead atoms. The lowest BCUT2D eigenvalue weighted by molar-refractivity contribution is 0.287. The first kappa shape index (κ1) is 26.2. The molecule has 3 heteroatoms. The Labute approximate surface area is 162 Å². The van der Waals surface area contributed by atoms with Gasteiger partial charge in [-0.25, -0.2) is 4.98 Å². The molecule has 148 valence electrons. The molecule has 1 heterocycles. The lowest BCUT2D eigenvalue weighted by atomic mass is 10.2. The number of aromatic nitrogens is 2. The number of hydrogen-bond acceptors (Lipinski definition) is 2. The Morgan fingerprint density at radius 1 is 1.27 bits per heavy atom. The number of ether oxygens (including phenoxy) is 1. The molecule has 0 fully saturated rings. The molecule has 1 rings (SSSR count). The molecule has 1 aromatic heterocycles. The van der Waals surface area contributed by atoms with Crippen molar-refractivity contribution in [1.29, 1.82) is 0 Å². The monoisotopic (exact) mass is 360 g/mol. The van der Waals surface area contributed by atoms with E-state index < -0.39 is 0 Å². The molecule has 1 aromatic rings. The lowest BCUT2D eigenvalue weighted by Crippen LogP contribution is -2.07. The maximum Gasteiger partial charge on any atom is 0.191 e. The molecule has 0 spiro atoms. The number of rotatable bonds is 7. The normalized spacial score (nSPS) is 11.2. The van der Waals surface area contributed by atoms with E-state index in [4.69, 9.17) is 4.74 Å². The fraction of sp³-hybridized carbons (Fsp3) is 0.522. The van der Waals surface area contributed by atoms with E-state index in [0.717, 1.165) is 17.1 Å². The quantitative estimate of drug-likeness (QED) is 0.287. The van der Waals surface area contributed by atoms with Crippen LogP contribution < -0.4 is 0 Å². The van der Waals surface area contributed by atoms with E-state index in [9.17, 15) is 0 Å². The molecule has 0 radical (unpaired) electrons. The highest BCUT2D eigenvalue weighted by Gasteiger charge is 2.15. The number of nitrogens with zero attached hydrogens (tertiary/aromatic N) is 2. The zero-order chi connectivity index (χ0) is 20.7. The summed E-state index contributed by atoms with van der Waals surface area (Å²) < 4.78 is 7.68. The Hall–Kier alpha value is -2.03. The topological polar surface area (TPSA) is 27.1 Å². The van der Waals surface area contributed by atoms with Crippen LogP contribution in [0.2, 0.25) is 0 Å². The van der Waals surface area contributed by atoms with Crippen molar-refractivity contribution < 1.29 is 4.74 Å². The first-order chi connectivity index (χ1) is 12.3. The Balaban J connectivity index is 0. The van der Waals surface area contributed by atoms with Crippen molar-refractivity contribution in [2.75, 3.05) is 6.61 Å². The van der Waals surface area contributed by atoms with E-state index in [1.807, 2.05) is 57.5 Å². The van der Waals surface area contributed by atoms with Crippen LogP contribution in [-0.2, 0) is 4.74 Å². The Bertz CT molecular complexity index is 589. The number of allylic oxidation sites excluding steroid dienone is 4. The second-order valence-electron chi connectivity index (χ2n) is 6.12. The lowest BCUT2D eigenvalue weighted by Gasteiger charge is -2.14. The first-order valence-corrected chi connectivity index (χ1v) is 9.65. The molecule has 0 aliphatic heterocycles. The van der Waals surface area contributed by atoms with Crippen molar-refractivity contribution >= 4 is 11.5 Å². The van der Waals surface area contributed by atoms with Gasteiger partial charge in [-0.3, -0.25) is 4.57 Å². The summed E-state index contributed by atoms with van der Waals surface area (Å²) in [7, 11) is 0. The predicted molar refractivity (Wildman–Crippen MR) is 118 cm³/mol. The molecule has 0 aliphatic carbocycles. The third kappa shape index (κ3) is 9.45. The van der Waals surface area contributed by atoms with Gasteiger partial charge in [0.2, 0.25) is 0 Å². The standard InChI is InChI=1S/C18H26N2O.C3H8.C2H6/c1-8-10-15(6)17-11-20(18(19-17)13(3)4)16(7)21-12-14(5)9-2;1-3-2;1-2/h8-11,13H,1,7,12H2,2-6H3;3H2,1-2H3;1-2H3/b14-9+,15-10+;;. The third-order valence-corrected chi connectivity index (χ3v) is 3.25. The van der Waals surface area contributed by atoms with Gasteiger partial charge in [0.15, 0.2) is 5.88 Å². The van der Waals surface area contributed by atoms with E-state index in [2.05, 4.69) is 45.8 Å². The van der Waals surface area contributed by atoms with Crippen molar-refractivity contribution in [1.82, 2.24) is 9.55 Å². The third-order valence-electron chi connectivity index (χ3n) is 3.25. The van der Waals surface area contributed by atoms with Gasteiger partial charge in [-0.2, -0.15) is 0 Å². The van der Waals surface area contributed by atoms with Crippen LogP contribution in [0, 0.1) is 0 Å². The van der Waals surface area contributed by atoms with Gasteiger partial charge < -0.3 is 4.74 Å². The zero-order valence-corrected chi connectivity index (χ0v) is 18.5. The number of imidazole rings is 1. The van der Waals surface area contributed by atoms with Crippen LogP contribution in [0.4, 0.5) is 0 Å². The average molecular weight is 361 g/mol. The minimum Gasteiger partial charge on any atom is -0.474 e. The van der Waals surface area contributed by atoms with Gasteiger partial charge in [0.25, 0.3) is 0 Å². The molecule has 0 N–H and O–H groups in total. The predicted octanol–water partition coefficient (Wildman–Crippen LogP) is 7.45. The first-order valence-electron chi connectivity index (χ1n) is 9.65. The molecule has 0 amide bonds. The van der Waals surface area contributed by atoms with Crippen LogP contribution in [0.1, 0.15) is 86.2 Å². The van der Waals surface area contributed by atoms with Crippen molar-refractivity contribution in [2.24, 2.45) is 0 Å². The van der Waals surface area contributed by atoms with Crippen LogP contribution in [0.25, 0.3) is 11.5 Å². The molecule has 3 nitrogen and oxygen atoms in total. The Morgan fingerprint density at radius 2 is 1.81 bits per heavy atom. The molecule has 0 saturated heterocycles. The maximum atomic E-state index is 5.75. The fourth-order valence-corrected chi connectivity index (χ4v) is 1.80. The van der Waals surface area contributed by atoms with Crippen LogP contribution in [0.15, 0.2) is 43.2 Å². The van der Waals surface area contributed by atoms with Gasteiger partial charge in [-0.15, -0.1) is 0 Å². The van der Waals surface area contributed by atoms with E-state index in [1.54, 1.807) is 6.08 Å². The second-order valence-corrected chi connectivity index (χ2v) is 6.12. The molecule has 0 unspecified atom stereocenters. The second kappa shape index (κ2) is 15.2. The van der Waals surface area contributed by atoms with Crippen molar-refractivity contribution in [2.45, 2.75) is 74.7 Å². The molecule has 0 aromatic carbocycles. The van der Waals surface area contributed by atoms with Gasteiger partial charge in [-0.1, -0.05) is 72.8 Å². The summed E-state index contributed by atoms with van der Waals surface area (Å²) in [5.74, 6) is 1.84. The minimum absolute atomic E-state index is 0.290. The SMILES string of the molecule is C=C/C=C(\C)c1cn(C(=C)OC/C(C)=C/C)c(C(C)C)n1.CC.CCC. The largest absolute Gasteiger partial charge is 0.474 e. The smallest absolute Gasteiger partial charge is 0.191 e. The van der Waals surface area contributed by atoms with Crippen LogP contribution >= 0.6 is 0 Å². The van der Waals surface area contributed by atoms with Crippen LogP contribution in [0.5, 0.6) is 0 Å². The van der Waals surface area contributed by atoms with Gasteiger partial charge in [0.1, 0.15) is 12.4 Å². The van der Waals surface area contributed by atoms with E-state index in [1.165, 1.54) is 12.0 Å². The van der Waals surface area contributed by atoms with E-state index >= 15 is 0 Å². The van der Waals surface area contributed by atoms with E-state index in [0.29, 0.717) is 18.4 Å². The Morgan fingerprint density at radius 3 is 2.23 bits per heavy atom. The van der Waals surface area contributed by atoms with Gasteiger partial charge >= 0.3 is 0 Å². The van der Waals surface area contributed by atoms with E-state index in [-0.39, 0.29) is 0 Å². The highest BCUT2D eigenvalue weighted by molar-refractivity contribution is 5.62. The van der Waals surface area contributed by atoms with Crippen LogP contribution in [-0.4, -0.2) is 16.2 Å². The molecule has 26 heavy (non-hydrogen) atoms. The Kier molecular flexibility index (Phi) is 15.4. The van der Waals surface area contributed by atoms with Gasteiger partial charge in [0, 0.05) is 12.1 Å². The van der Waals surface area contributed by atoms with Crippen molar-refractivity contribution in [3.63, 3.8) is 0 Å². The van der Waals surface area contributed by atoms with Gasteiger partial charge in [-0.05, 0) is 38.5 Å². The highest BCUT2D eigenvalue weighted by atomic mass is 16.5. The van der Waals surface area contributed by atoms with Crippen molar-refractivity contribution in [3.8, 4) is 0 Å². The molecular weight excluding hydrogens is 320 g/mol. The van der Waals surface area contributed by atoms with Crippen molar-refractivity contribution in [3.05, 3.63) is 54.7 Å². The maximum absolute atomic E-state index is 5.75. The summed E-state index contributed by atoms with van der Waals surface area (Å²) in [5.41, 5.74) is 3.17. The minimum atomic E-state index is 0.290.